The number of benzene rings is 1. The minimum atomic E-state index is -1.29. The Balaban J connectivity index is 1.88. The van der Waals surface area contributed by atoms with Crippen LogP contribution in [0.5, 0.6) is 0 Å². The predicted octanol–water partition coefficient (Wildman–Crippen LogP) is 2.23. The average Bonchev–Trinajstić information content (AvgIpc) is 3.10. The first-order chi connectivity index (χ1) is 11.8. The summed E-state index contributed by atoms with van der Waals surface area (Å²) in [5, 5.41) is 15.7. The van der Waals surface area contributed by atoms with Gasteiger partial charge in [-0.1, -0.05) is 12.1 Å². The first kappa shape index (κ1) is 19.0. The highest BCUT2D eigenvalue weighted by atomic mass is 19.1. The molecule has 0 aliphatic heterocycles. The molecule has 1 aromatic heterocycles. The number of likely N-dealkylation sites (N-methyl/N-ethyl adjacent to an activating group) is 1. The van der Waals surface area contributed by atoms with Crippen molar-refractivity contribution in [3.63, 3.8) is 0 Å². The molecule has 136 valence electrons. The predicted molar refractivity (Wildman–Crippen MR) is 92.5 cm³/mol. The van der Waals surface area contributed by atoms with Gasteiger partial charge in [0.25, 0.3) is 0 Å². The molecule has 0 aliphatic rings. The number of rotatable bonds is 7. The van der Waals surface area contributed by atoms with Crippen molar-refractivity contribution in [1.29, 1.82) is 0 Å². The van der Waals surface area contributed by atoms with Gasteiger partial charge in [0, 0.05) is 6.54 Å². The van der Waals surface area contributed by atoms with Crippen LogP contribution in [0.25, 0.3) is 0 Å². The van der Waals surface area contributed by atoms with Crippen LogP contribution in [0.2, 0.25) is 0 Å². The maximum atomic E-state index is 13.1. The first-order valence-electron chi connectivity index (χ1n) is 7.99. The lowest BCUT2D eigenvalue weighted by Crippen LogP contribution is -2.45. The van der Waals surface area contributed by atoms with Crippen LogP contribution >= 0.6 is 0 Å². The number of nitrogens with one attached hydrogen (secondary N) is 2. The van der Waals surface area contributed by atoms with Crippen molar-refractivity contribution in [3.8, 4) is 0 Å². The Morgan fingerprint density at radius 2 is 1.96 bits per heavy atom. The van der Waals surface area contributed by atoms with E-state index < -0.39 is 11.6 Å². The van der Waals surface area contributed by atoms with Gasteiger partial charge in [0.05, 0.1) is 18.8 Å². The molecule has 0 aliphatic carbocycles. The third-order valence-electron chi connectivity index (χ3n) is 3.98. The van der Waals surface area contributed by atoms with Crippen LogP contribution in [-0.4, -0.2) is 43.2 Å². The van der Waals surface area contributed by atoms with Crippen LogP contribution < -0.4 is 10.6 Å². The number of carbonyl (C=O) groups is 1. The zero-order chi connectivity index (χ0) is 18.4. The van der Waals surface area contributed by atoms with Crippen LogP contribution in [0.3, 0.4) is 0 Å². The number of furan rings is 1. The van der Waals surface area contributed by atoms with Crippen LogP contribution in [-0.2, 0) is 5.60 Å². The summed E-state index contributed by atoms with van der Waals surface area (Å²) in [5.41, 5.74) is -0.395. The lowest BCUT2D eigenvalue weighted by atomic mass is 10.0. The Kier molecular flexibility index (Phi) is 6.17. The molecule has 2 aromatic rings. The van der Waals surface area contributed by atoms with Crippen molar-refractivity contribution in [2.45, 2.75) is 18.6 Å². The molecule has 0 fully saturated rings. The first-order valence-corrected chi connectivity index (χ1v) is 7.99. The van der Waals surface area contributed by atoms with Gasteiger partial charge in [-0.3, -0.25) is 0 Å². The Labute approximate surface area is 146 Å². The molecule has 1 aromatic carbocycles. The van der Waals surface area contributed by atoms with Gasteiger partial charge in [-0.2, -0.15) is 0 Å². The van der Waals surface area contributed by atoms with Crippen molar-refractivity contribution >= 4 is 6.03 Å². The van der Waals surface area contributed by atoms with Gasteiger partial charge < -0.3 is 25.1 Å². The van der Waals surface area contributed by atoms with E-state index in [-0.39, 0.29) is 18.4 Å². The summed E-state index contributed by atoms with van der Waals surface area (Å²) in [6.45, 7) is 1.91. The standard InChI is InChI=1S/C18H24FN3O3/c1-18(24,16-5-4-10-25-16)12-21-17(23)20-11-15(22(2)3)13-6-8-14(19)9-7-13/h4-10,15,24H,11-12H2,1-3H3,(H2,20,21,23). The highest BCUT2D eigenvalue weighted by Gasteiger charge is 2.27. The minimum absolute atomic E-state index is 0.00945. The number of hydrogen-bond acceptors (Lipinski definition) is 4. The molecule has 6 nitrogen and oxygen atoms in total. The van der Waals surface area contributed by atoms with Crippen molar-refractivity contribution in [2.75, 3.05) is 27.2 Å². The number of halogens is 1. The highest BCUT2D eigenvalue weighted by molar-refractivity contribution is 5.74. The van der Waals surface area contributed by atoms with Crippen LogP contribution in [0, 0.1) is 5.82 Å². The van der Waals surface area contributed by atoms with Gasteiger partial charge in [-0.15, -0.1) is 0 Å². The van der Waals surface area contributed by atoms with Gasteiger partial charge >= 0.3 is 6.03 Å². The van der Waals surface area contributed by atoms with Crippen molar-refractivity contribution in [1.82, 2.24) is 15.5 Å². The minimum Gasteiger partial charge on any atom is -0.466 e. The fraction of sp³-hybridized carbons (Fsp3) is 0.389. The lowest BCUT2D eigenvalue weighted by molar-refractivity contribution is 0.0367. The van der Waals surface area contributed by atoms with E-state index in [9.17, 15) is 14.3 Å². The zero-order valence-corrected chi connectivity index (χ0v) is 14.6. The molecule has 2 atom stereocenters. The summed E-state index contributed by atoms with van der Waals surface area (Å²) in [7, 11) is 3.77. The summed E-state index contributed by atoms with van der Waals surface area (Å²) in [6, 6.07) is 9.00. The lowest BCUT2D eigenvalue weighted by Gasteiger charge is -2.26. The molecule has 0 saturated carbocycles. The number of carbonyl (C=O) groups excluding carboxylic acids is 1. The zero-order valence-electron chi connectivity index (χ0n) is 14.6. The van der Waals surface area contributed by atoms with E-state index in [4.69, 9.17) is 4.42 Å². The SMILES string of the molecule is CN(C)C(CNC(=O)NCC(C)(O)c1ccco1)c1ccc(F)cc1. The van der Waals surface area contributed by atoms with Gasteiger partial charge in [0.2, 0.25) is 0 Å². The van der Waals surface area contributed by atoms with Crippen LogP contribution in [0.1, 0.15) is 24.3 Å². The third-order valence-corrected chi connectivity index (χ3v) is 3.98. The molecule has 7 heteroatoms. The molecule has 1 heterocycles. The maximum absolute atomic E-state index is 13.1. The fourth-order valence-corrected chi connectivity index (χ4v) is 2.46. The Morgan fingerprint density at radius 3 is 2.52 bits per heavy atom. The van der Waals surface area contributed by atoms with Gasteiger partial charge in [0.15, 0.2) is 0 Å². The highest BCUT2D eigenvalue weighted by Crippen LogP contribution is 2.20. The molecule has 2 rings (SSSR count). The van der Waals surface area contributed by atoms with Crippen LogP contribution in [0.4, 0.5) is 9.18 Å². The number of aliphatic hydroxyl groups is 1. The summed E-state index contributed by atoms with van der Waals surface area (Å²) in [4.78, 5) is 14.0. The molecule has 2 amide bonds. The number of urea groups is 1. The van der Waals surface area contributed by atoms with E-state index in [1.807, 2.05) is 19.0 Å². The van der Waals surface area contributed by atoms with Crippen molar-refractivity contribution < 1.29 is 18.7 Å². The van der Waals surface area contributed by atoms with E-state index in [0.29, 0.717) is 12.3 Å². The quantitative estimate of drug-likeness (QED) is 0.716. The number of amides is 2. The largest absolute Gasteiger partial charge is 0.466 e. The molecular formula is C18H24FN3O3. The fourth-order valence-electron chi connectivity index (χ4n) is 2.46. The molecule has 0 bridgehead atoms. The van der Waals surface area contributed by atoms with Crippen LogP contribution in [0.15, 0.2) is 47.1 Å². The summed E-state index contributed by atoms with van der Waals surface area (Å²) < 4.78 is 18.2. The van der Waals surface area contributed by atoms with E-state index in [1.54, 1.807) is 31.2 Å². The second-order valence-electron chi connectivity index (χ2n) is 6.35. The molecular weight excluding hydrogens is 325 g/mol. The molecule has 0 radical (unpaired) electrons. The van der Waals surface area contributed by atoms with E-state index in [0.717, 1.165) is 5.56 Å². The second kappa shape index (κ2) is 8.13. The third kappa shape index (κ3) is 5.30. The molecule has 2 unspecified atom stereocenters. The summed E-state index contributed by atoms with van der Waals surface area (Å²) >= 11 is 0. The Morgan fingerprint density at radius 1 is 1.28 bits per heavy atom. The molecule has 0 spiro atoms. The van der Waals surface area contributed by atoms with Gasteiger partial charge in [0.1, 0.15) is 17.2 Å². The smallest absolute Gasteiger partial charge is 0.314 e. The molecule has 25 heavy (non-hydrogen) atoms. The normalized spacial score (nSPS) is 14.8. The van der Waals surface area contributed by atoms with Gasteiger partial charge in [-0.05, 0) is 50.8 Å². The molecule has 0 saturated heterocycles. The topological polar surface area (TPSA) is 77.7 Å². The van der Waals surface area contributed by atoms with Gasteiger partial charge in [-0.25, -0.2) is 9.18 Å². The summed E-state index contributed by atoms with van der Waals surface area (Å²) in [5.74, 6) is 0.0809. The van der Waals surface area contributed by atoms with E-state index in [1.165, 1.54) is 18.4 Å². The van der Waals surface area contributed by atoms with E-state index >= 15 is 0 Å². The van der Waals surface area contributed by atoms with Crippen molar-refractivity contribution in [2.24, 2.45) is 0 Å². The Bertz CT molecular complexity index is 669. The maximum Gasteiger partial charge on any atom is 0.314 e. The number of hydrogen-bond donors (Lipinski definition) is 3. The van der Waals surface area contributed by atoms with E-state index in [2.05, 4.69) is 10.6 Å². The second-order valence-corrected chi connectivity index (χ2v) is 6.35. The average molecular weight is 349 g/mol. The monoisotopic (exact) mass is 349 g/mol. The molecule has 3 N–H and O–H groups in total. The Hall–Kier alpha value is -2.38. The summed E-state index contributed by atoms with van der Waals surface area (Å²) in [6.07, 6.45) is 1.47. The number of nitrogens with zero attached hydrogens (tertiary/aromatic N) is 1. The van der Waals surface area contributed by atoms with Crippen molar-refractivity contribution in [3.05, 3.63) is 59.8 Å².